The molecule has 0 radical (unpaired) electrons. The van der Waals surface area contributed by atoms with Crippen LogP contribution in [-0.4, -0.2) is 61.2 Å². The quantitative estimate of drug-likeness (QED) is 0.446. The van der Waals surface area contributed by atoms with E-state index in [2.05, 4.69) is 24.9 Å². The highest BCUT2D eigenvalue weighted by atomic mass is 32.2. The number of carbonyl (C=O) groups excluding carboxylic acids is 1. The summed E-state index contributed by atoms with van der Waals surface area (Å²) in [6, 6.07) is 7.68. The lowest BCUT2D eigenvalue weighted by Crippen LogP contribution is -2.26. The number of hydrogen-bond acceptors (Lipinski definition) is 8. The van der Waals surface area contributed by atoms with Crippen molar-refractivity contribution in [1.29, 1.82) is 0 Å². The Labute approximate surface area is 182 Å². The summed E-state index contributed by atoms with van der Waals surface area (Å²) in [6.07, 6.45) is 8.25. The highest BCUT2D eigenvalue weighted by molar-refractivity contribution is 7.92. The second-order valence-corrected chi connectivity index (χ2v) is 9.10. The zero-order chi connectivity index (χ0) is 22.3. The maximum Gasteiger partial charge on any atom is 0.330 e. The molecule has 2 aromatic rings. The molecule has 0 bridgehead atoms. The van der Waals surface area contributed by atoms with E-state index in [1.165, 1.54) is 6.08 Å². The van der Waals surface area contributed by atoms with E-state index in [1.54, 1.807) is 31.5 Å². The molecule has 9 nitrogen and oxygen atoms in total. The summed E-state index contributed by atoms with van der Waals surface area (Å²) in [5.41, 5.74) is 2.20. The molecule has 0 unspecified atom stereocenters. The zero-order valence-electron chi connectivity index (χ0n) is 17.6. The van der Waals surface area contributed by atoms with Gasteiger partial charge in [0, 0.05) is 37.4 Å². The smallest absolute Gasteiger partial charge is 0.330 e. The van der Waals surface area contributed by atoms with Gasteiger partial charge >= 0.3 is 5.97 Å². The summed E-state index contributed by atoms with van der Waals surface area (Å²) < 4.78 is 30.2. The summed E-state index contributed by atoms with van der Waals surface area (Å²) >= 11 is 0. The van der Waals surface area contributed by atoms with Crippen LogP contribution in [0.15, 0.2) is 42.7 Å². The average molecular weight is 446 g/mol. The van der Waals surface area contributed by atoms with Crippen LogP contribution in [0.4, 0.5) is 11.5 Å². The van der Waals surface area contributed by atoms with Crippen LogP contribution in [-0.2, 0) is 26.1 Å². The maximum atomic E-state index is 11.4. The number of ether oxygens (including phenoxy) is 1. The molecule has 166 valence electrons. The minimum atomic E-state index is -3.29. The molecular formula is C21H27N5O4S. The number of nitrogens with zero attached hydrogens (tertiary/aromatic N) is 3. The number of hydrogen-bond donors (Lipinski definition) is 2. The van der Waals surface area contributed by atoms with Crippen LogP contribution >= 0.6 is 0 Å². The number of likely N-dealkylation sites (tertiary alicyclic amines) is 1. The van der Waals surface area contributed by atoms with Gasteiger partial charge in [-0.15, -0.1) is 0 Å². The molecule has 0 spiro atoms. The Kier molecular flexibility index (Phi) is 7.59. The third-order valence-electron chi connectivity index (χ3n) is 4.61. The summed E-state index contributed by atoms with van der Waals surface area (Å²) in [6.45, 7) is 4.59. The van der Waals surface area contributed by atoms with Gasteiger partial charge < -0.3 is 10.1 Å². The molecule has 1 aliphatic rings. The standard InChI is InChI=1S/C21H27N5O4S/c1-3-30-21(27)8-7-18-12-23-20(13-22-18)24-19-9-10-26(15-19)14-16-5-4-6-17(11-16)25-31(2,28)29/h4-8,11-13,19,25H,3,9-10,14-15H2,1-2H3,(H,23,24)/b8-7+/t19-/m1/s1. The monoisotopic (exact) mass is 445 g/mol. The summed E-state index contributed by atoms with van der Waals surface area (Å²) in [5, 5.41) is 3.39. The van der Waals surface area contributed by atoms with Gasteiger partial charge in [-0.1, -0.05) is 12.1 Å². The second kappa shape index (κ2) is 10.4. The van der Waals surface area contributed by atoms with E-state index in [9.17, 15) is 13.2 Å². The van der Waals surface area contributed by atoms with Crippen molar-refractivity contribution in [3.8, 4) is 0 Å². The molecule has 31 heavy (non-hydrogen) atoms. The van der Waals surface area contributed by atoms with Crippen LogP contribution in [0.25, 0.3) is 6.08 Å². The Hall–Kier alpha value is -2.98. The van der Waals surface area contributed by atoms with Gasteiger partial charge in [0.15, 0.2) is 0 Å². The Balaban J connectivity index is 1.50. The number of sulfonamides is 1. The summed E-state index contributed by atoms with van der Waals surface area (Å²) in [7, 11) is -3.29. The molecule has 1 aliphatic heterocycles. The average Bonchev–Trinajstić information content (AvgIpc) is 3.13. The molecule has 1 saturated heterocycles. The first-order valence-corrected chi connectivity index (χ1v) is 11.9. The lowest BCUT2D eigenvalue weighted by Gasteiger charge is -2.17. The lowest BCUT2D eigenvalue weighted by molar-refractivity contribution is -0.137. The van der Waals surface area contributed by atoms with Gasteiger partial charge in [-0.25, -0.2) is 18.2 Å². The molecular weight excluding hydrogens is 418 g/mol. The molecule has 1 aromatic heterocycles. The number of aromatic nitrogens is 2. The van der Waals surface area contributed by atoms with Crippen molar-refractivity contribution < 1.29 is 17.9 Å². The van der Waals surface area contributed by atoms with Crippen LogP contribution in [0.2, 0.25) is 0 Å². The Morgan fingerprint density at radius 2 is 2.16 bits per heavy atom. The molecule has 0 amide bonds. The maximum absolute atomic E-state index is 11.4. The fourth-order valence-electron chi connectivity index (χ4n) is 3.35. The van der Waals surface area contributed by atoms with Crippen LogP contribution < -0.4 is 10.0 Å². The van der Waals surface area contributed by atoms with Crippen LogP contribution in [0.1, 0.15) is 24.6 Å². The molecule has 2 heterocycles. The number of anilines is 2. The molecule has 1 fully saturated rings. The van der Waals surface area contributed by atoms with Crippen LogP contribution in [0.3, 0.4) is 0 Å². The van der Waals surface area contributed by atoms with Crippen molar-refractivity contribution in [2.75, 3.05) is 36.0 Å². The van der Waals surface area contributed by atoms with Crippen molar-refractivity contribution in [3.05, 3.63) is 54.0 Å². The molecule has 3 rings (SSSR count). The minimum absolute atomic E-state index is 0.243. The molecule has 1 aromatic carbocycles. The first-order chi connectivity index (χ1) is 14.8. The van der Waals surface area contributed by atoms with Crippen molar-refractivity contribution in [1.82, 2.24) is 14.9 Å². The Morgan fingerprint density at radius 3 is 2.87 bits per heavy atom. The third-order valence-corrected chi connectivity index (χ3v) is 5.22. The molecule has 2 N–H and O–H groups in total. The molecule has 0 aliphatic carbocycles. The van der Waals surface area contributed by atoms with Crippen LogP contribution in [0, 0.1) is 0 Å². The number of rotatable bonds is 9. The van der Waals surface area contributed by atoms with Gasteiger partial charge in [-0.3, -0.25) is 14.6 Å². The fourth-order valence-corrected chi connectivity index (χ4v) is 3.91. The predicted octanol–water partition coefficient (Wildman–Crippen LogP) is 2.11. The third kappa shape index (κ3) is 7.65. The van der Waals surface area contributed by atoms with Gasteiger partial charge in [-0.2, -0.15) is 0 Å². The van der Waals surface area contributed by atoms with Crippen molar-refractivity contribution >= 4 is 33.6 Å². The number of carbonyl (C=O) groups is 1. The Bertz CT molecular complexity index is 1020. The van der Waals surface area contributed by atoms with Crippen molar-refractivity contribution in [3.63, 3.8) is 0 Å². The molecule has 0 saturated carbocycles. The molecule has 1 atom stereocenters. The predicted molar refractivity (Wildman–Crippen MR) is 120 cm³/mol. The van der Waals surface area contributed by atoms with Gasteiger partial charge in [0.2, 0.25) is 10.0 Å². The van der Waals surface area contributed by atoms with E-state index in [0.717, 1.165) is 37.9 Å². The van der Waals surface area contributed by atoms with E-state index in [1.807, 2.05) is 18.2 Å². The van der Waals surface area contributed by atoms with Crippen molar-refractivity contribution in [2.24, 2.45) is 0 Å². The van der Waals surface area contributed by atoms with E-state index < -0.39 is 16.0 Å². The lowest BCUT2D eigenvalue weighted by atomic mass is 10.2. The zero-order valence-corrected chi connectivity index (χ0v) is 18.4. The van der Waals surface area contributed by atoms with E-state index in [4.69, 9.17) is 4.74 Å². The first-order valence-electron chi connectivity index (χ1n) is 10.0. The normalized spacial score (nSPS) is 17.0. The first kappa shape index (κ1) is 22.7. The molecule has 10 heteroatoms. The number of esters is 1. The second-order valence-electron chi connectivity index (χ2n) is 7.35. The van der Waals surface area contributed by atoms with Gasteiger partial charge in [0.05, 0.1) is 31.0 Å². The summed E-state index contributed by atoms with van der Waals surface area (Å²) in [5.74, 6) is 0.273. The highest BCUT2D eigenvalue weighted by Crippen LogP contribution is 2.19. The van der Waals surface area contributed by atoms with Crippen LogP contribution in [0.5, 0.6) is 0 Å². The largest absolute Gasteiger partial charge is 0.463 e. The number of nitrogens with one attached hydrogen (secondary N) is 2. The SMILES string of the molecule is CCOC(=O)/C=C/c1cnc(N[C@@H]2CCN(Cc3cccc(NS(C)(=O)=O)c3)C2)cn1. The van der Waals surface area contributed by atoms with E-state index in [-0.39, 0.29) is 6.04 Å². The fraction of sp³-hybridized carbons (Fsp3) is 0.381. The highest BCUT2D eigenvalue weighted by Gasteiger charge is 2.22. The topological polar surface area (TPSA) is 114 Å². The minimum Gasteiger partial charge on any atom is -0.463 e. The van der Waals surface area contributed by atoms with E-state index >= 15 is 0 Å². The Morgan fingerprint density at radius 1 is 1.32 bits per heavy atom. The van der Waals surface area contributed by atoms with Gasteiger partial charge in [0.1, 0.15) is 5.82 Å². The van der Waals surface area contributed by atoms with E-state index in [0.29, 0.717) is 23.8 Å². The van der Waals surface area contributed by atoms with Crippen molar-refractivity contribution in [2.45, 2.75) is 25.9 Å². The van der Waals surface area contributed by atoms with Gasteiger partial charge in [-0.05, 0) is 37.1 Å². The number of benzene rings is 1. The van der Waals surface area contributed by atoms with Gasteiger partial charge in [0.25, 0.3) is 0 Å². The summed E-state index contributed by atoms with van der Waals surface area (Å²) in [4.78, 5) is 22.3.